The summed E-state index contributed by atoms with van der Waals surface area (Å²) in [4.78, 5) is 40.9. The number of fused-ring (bicyclic) bond motifs is 1. The lowest BCUT2D eigenvalue weighted by Gasteiger charge is -2.19. The minimum atomic E-state index is -0.738. The number of carbonyl (C=O) groups is 1. The van der Waals surface area contributed by atoms with Gasteiger partial charge < -0.3 is 19.8 Å². The molecule has 9 heteroatoms. The lowest BCUT2D eigenvalue weighted by atomic mass is 10.1. The number of nitrogens with zero attached hydrogens (tertiary/aromatic N) is 2. The van der Waals surface area contributed by atoms with Crippen molar-refractivity contribution in [1.29, 1.82) is 0 Å². The molecule has 3 N–H and O–H groups in total. The van der Waals surface area contributed by atoms with Gasteiger partial charge in [-0.15, -0.1) is 0 Å². The van der Waals surface area contributed by atoms with Crippen LogP contribution >= 0.6 is 0 Å². The van der Waals surface area contributed by atoms with Crippen molar-refractivity contribution >= 4 is 28.2 Å². The van der Waals surface area contributed by atoms with Crippen molar-refractivity contribution in [3.8, 4) is 5.75 Å². The molecule has 4 aromatic rings. The molecule has 34 heavy (non-hydrogen) atoms. The third-order valence-corrected chi connectivity index (χ3v) is 5.56. The largest absolute Gasteiger partial charge is 0.486 e. The average molecular weight is 463 g/mol. The maximum atomic E-state index is 13.0. The number of anilines is 2. The van der Waals surface area contributed by atoms with Crippen molar-refractivity contribution in [2.24, 2.45) is 0 Å². The zero-order valence-corrected chi connectivity index (χ0v) is 19.0. The molecule has 0 saturated heterocycles. The minimum Gasteiger partial charge on any atom is -0.486 e. The lowest BCUT2D eigenvalue weighted by Crippen LogP contribution is -2.39. The van der Waals surface area contributed by atoms with E-state index in [0.29, 0.717) is 24.5 Å². The van der Waals surface area contributed by atoms with Crippen LogP contribution in [-0.4, -0.2) is 22.5 Å². The standard InChI is InChI=1S/C25H26N4O5/c1-3-4-13-29-22(26)21(23(30)27-25(29)32)28(2)24(31)20-12-11-19(34-20)15-33-18-10-9-16-7-5-6-8-17(16)14-18/h5-12,14H,3-4,13,15,26H2,1-2H3,(H,27,30,32). The van der Waals surface area contributed by atoms with Crippen LogP contribution in [0.3, 0.4) is 0 Å². The van der Waals surface area contributed by atoms with Crippen LogP contribution in [0.15, 0.2) is 68.6 Å². The number of nitrogens with one attached hydrogen (secondary N) is 1. The Kier molecular flexibility index (Phi) is 6.53. The Balaban J connectivity index is 1.50. The Hall–Kier alpha value is -4.27. The normalized spacial score (nSPS) is 11.0. The first-order valence-corrected chi connectivity index (χ1v) is 11.0. The SMILES string of the molecule is CCCCn1c(N)c(N(C)C(=O)c2ccc(COc3ccc4ccccc4c3)o2)c(=O)[nH]c1=O. The van der Waals surface area contributed by atoms with Gasteiger partial charge in [0.1, 0.15) is 23.9 Å². The Bertz CT molecular complexity index is 1450. The van der Waals surface area contributed by atoms with E-state index in [0.717, 1.165) is 22.1 Å². The van der Waals surface area contributed by atoms with Gasteiger partial charge in [-0.2, -0.15) is 0 Å². The van der Waals surface area contributed by atoms with Crippen LogP contribution in [0.4, 0.5) is 11.5 Å². The quantitative estimate of drug-likeness (QED) is 0.413. The summed E-state index contributed by atoms with van der Waals surface area (Å²) in [5.41, 5.74) is 4.65. The van der Waals surface area contributed by atoms with Gasteiger partial charge in [0.05, 0.1) is 0 Å². The molecular formula is C25H26N4O5. The van der Waals surface area contributed by atoms with Crippen LogP contribution in [0.5, 0.6) is 5.75 Å². The van der Waals surface area contributed by atoms with Gasteiger partial charge in [0.25, 0.3) is 11.5 Å². The summed E-state index contributed by atoms with van der Waals surface area (Å²) in [6, 6.07) is 16.9. The minimum absolute atomic E-state index is 0.0183. The number of nitrogen functional groups attached to an aromatic ring is 1. The summed E-state index contributed by atoms with van der Waals surface area (Å²) in [5, 5.41) is 2.17. The third kappa shape index (κ3) is 4.59. The van der Waals surface area contributed by atoms with E-state index >= 15 is 0 Å². The molecular weight excluding hydrogens is 436 g/mol. The number of hydrogen-bond acceptors (Lipinski definition) is 6. The summed E-state index contributed by atoms with van der Waals surface area (Å²) in [6.07, 6.45) is 1.54. The fourth-order valence-electron chi connectivity index (χ4n) is 3.69. The molecule has 2 heterocycles. The first kappa shape index (κ1) is 22.9. The summed E-state index contributed by atoms with van der Waals surface area (Å²) < 4.78 is 12.7. The predicted octanol–water partition coefficient (Wildman–Crippen LogP) is 3.52. The molecule has 0 aliphatic rings. The number of carbonyl (C=O) groups excluding carboxylic acids is 1. The molecule has 4 rings (SSSR count). The van der Waals surface area contributed by atoms with Gasteiger partial charge in [0, 0.05) is 13.6 Å². The number of unbranched alkanes of at least 4 members (excludes halogenated alkanes) is 1. The van der Waals surface area contributed by atoms with Crippen LogP contribution in [-0.2, 0) is 13.2 Å². The molecule has 0 saturated carbocycles. The monoisotopic (exact) mass is 462 g/mol. The van der Waals surface area contributed by atoms with Crippen LogP contribution in [0, 0.1) is 0 Å². The molecule has 1 amide bonds. The van der Waals surface area contributed by atoms with Crippen LogP contribution < -0.4 is 26.6 Å². The number of furan rings is 1. The van der Waals surface area contributed by atoms with E-state index in [1.165, 1.54) is 17.7 Å². The first-order valence-electron chi connectivity index (χ1n) is 11.0. The molecule has 0 fully saturated rings. The van der Waals surface area contributed by atoms with E-state index in [2.05, 4.69) is 4.98 Å². The molecule has 2 aromatic carbocycles. The van der Waals surface area contributed by atoms with Crippen LogP contribution in [0.25, 0.3) is 10.8 Å². The molecule has 176 valence electrons. The summed E-state index contributed by atoms with van der Waals surface area (Å²) in [6.45, 7) is 2.44. The number of H-pyrrole nitrogens is 1. The maximum absolute atomic E-state index is 13.0. The number of rotatable bonds is 8. The van der Waals surface area contributed by atoms with Crippen molar-refractivity contribution in [1.82, 2.24) is 9.55 Å². The van der Waals surface area contributed by atoms with Gasteiger partial charge in [0.2, 0.25) is 0 Å². The molecule has 2 aromatic heterocycles. The smallest absolute Gasteiger partial charge is 0.330 e. The predicted molar refractivity (Wildman–Crippen MR) is 130 cm³/mol. The van der Waals surface area contributed by atoms with Crippen molar-refractivity contribution < 1.29 is 13.9 Å². The van der Waals surface area contributed by atoms with Gasteiger partial charge in [0.15, 0.2) is 11.4 Å². The van der Waals surface area contributed by atoms with E-state index in [1.807, 2.05) is 49.4 Å². The number of aromatic amines is 1. The average Bonchev–Trinajstić information content (AvgIpc) is 3.31. The first-order chi connectivity index (χ1) is 16.4. The number of amides is 1. The molecule has 0 aliphatic heterocycles. The Morgan fingerprint density at radius 1 is 1.12 bits per heavy atom. The summed E-state index contributed by atoms with van der Waals surface area (Å²) >= 11 is 0. The van der Waals surface area contributed by atoms with Gasteiger partial charge in [-0.05, 0) is 41.5 Å². The molecule has 0 aliphatic carbocycles. The van der Waals surface area contributed by atoms with Gasteiger partial charge in [-0.3, -0.25) is 19.1 Å². The van der Waals surface area contributed by atoms with Gasteiger partial charge in [-0.25, -0.2) is 4.79 Å². The second kappa shape index (κ2) is 9.70. The Labute approximate surface area is 195 Å². The van der Waals surface area contributed by atoms with E-state index in [4.69, 9.17) is 14.9 Å². The zero-order valence-electron chi connectivity index (χ0n) is 19.0. The maximum Gasteiger partial charge on any atom is 0.330 e. The molecule has 9 nitrogen and oxygen atoms in total. The zero-order chi connectivity index (χ0) is 24.2. The highest BCUT2D eigenvalue weighted by atomic mass is 16.5. The lowest BCUT2D eigenvalue weighted by molar-refractivity contribution is 0.0962. The number of nitrogens with two attached hydrogens (primary N) is 1. The van der Waals surface area contributed by atoms with Gasteiger partial charge in [-0.1, -0.05) is 43.7 Å². The number of benzene rings is 2. The molecule has 0 bridgehead atoms. The van der Waals surface area contributed by atoms with Crippen LogP contribution in [0.2, 0.25) is 0 Å². The summed E-state index contributed by atoms with van der Waals surface area (Å²) in [5.74, 6) is 0.498. The highest BCUT2D eigenvalue weighted by Gasteiger charge is 2.24. The Morgan fingerprint density at radius 2 is 1.88 bits per heavy atom. The van der Waals surface area contributed by atoms with E-state index in [-0.39, 0.29) is 23.9 Å². The van der Waals surface area contributed by atoms with E-state index in [1.54, 1.807) is 6.07 Å². The van der Waals surface area contributed by atoms with E-state index in [9.17, 15) is 14.4 Å². The molecule has 0 unspecified atom stereocenters. The number of hydrogen-bond donors (Lipinski definition) is 2. The second-order valence-electron chi connectivity index (χ2n) is 7.93. The van der Waals surface area contributed by atoms with Crippen molar-refractivity contribution in [2.45, 2.75) is 32.9 Å². The molecule has 0 spiro atoms. The highest BCUT2D eigenvalue weighted by Crippen LogP contribution is 2.23. The van der Waals surface area contributed by atoms with Crippen LogP contribution in [0.1, 0.15) is 36.1 Å². The van der Waals surface area contributed by atoms with Crippen molar-refractivity contribution in [3.63, 3.8) is 0 Å². The summed E-state index contributed by atoms with van der Waals surface area (Å²) in [7, 11) is 1.41. The number of aromatic nitrogens is 2. The van der Waals surface area contributed by atoms with Gasteiger partial charge >= 0.3 is 5.69 Å². The molecule has 0 radical (unpaired) electrons. The van der Waals surface area contributed by atoms with Crippen molar-refractivity contribution in [3.05, 3.63) is 87.0 Å². The van der Waals surface area contributed by atoms with E-state index < -0.39 is 17.2 Å². The topological polar surface area (TPSA) is 124 Å². The fraction of sp³-hybridized carbons (Fsp3) is 0.240. The number of ether oxygens (including phenoxy) is 1. The third-order valence-electron chi connectivity index (χ3n) is 5.56. The highest BCUT2D eigenvalue weighted by molar-refractivity contribution is 6.05. The second-order valence-corrected chi connectivity index (χ2v) is 7.93. The fourth-order valence-corrected chi connectivity index (χ4v) is 3.69. The van der Waals surface area contributed by atoms with Crippen molar-refractivity contribution in [2.75, 3.05) is 17.7 Å². The molecule has 0 atom stereocenters. The Morgan fingerprint density at radius 3 is 2.65 bits per heavy atom.